The van der Waals surface area contributed by atoms with Crippen molar-refractivity contribution in [2.45, 2.75) is 64.5 Å². The minimum absolute atomic E-state index is 0.123. The number of halogens is 2. The average molecular weight is 567 g/mol. The summed E-state index contributed by atoms with van der Waals surface area (Å²) in [5.41, 5.74) is 1.49. The minimum Gasteiger partial charge on any atom is -0.316 e. The van der Waals surface area contributed by atoms with E-state index in [1.54, 1.807) is 12.1 Å². The molecule has 0 atom stereocenters. The molecule has 0 aliphatic heterocycles. The van der Waals surface area contributed by atoms with Crippen LogP contribution < -0.4 is 21.3 Å². The van der Waals surface area contributed by atoms with E-state index in [1.807, 2.05) is 45.9 Å². The quantitative estimate of drug-likeness (QED) is 0.0810. The second kappa shape index (κ2) is 23.7. The topological polar surface area (TPSA) is 48.1 Å². The third-order valence-electron chi connectivity index (χ3n) is 6.27. The largest absolute Gasteiger partial charge is 0.316 e. The number of unbranched alkanes of at least 4 members (excludes halogenated alkanes) is 6. The molecule has 0 heterocycles. The standard InChI is InChI=1S/C30H48F2N4S2/c31-29-15-7-5-13-27(29)25-35-19-11-3-1-9-17-33-21-23-37-38-24-22-34-18-10-2-4-12-20-36-26-28-14-6-8-16-30(28)32/h5-8,13-16,33-36H,1-4,9-12,17-26H2. The molecule has 0 amide bonds. The van der Waals surface area contributed by atoms with Gasteiger partial charge in [0, 0.05) is 48.8 Å². The van der Waals surface area contributed by atoms with Gasteiger partial charge in [0.2, 0.25) is 0 Å². The summed E-state index contributed by atoms with van der Waals surface area (Å²) in [7, 11) is 3.91. The predicted octanol–water partition coefficient (Wildman–Crippen LogP) is 6.53. The lowest BCUT2D eigenvalue weighted by atomic mass is 10.2. The molecular weight excluding hydrogens is 518 g/mol. The first-order valence-corrected chi connectivity index (χ1v) is 16.8. The zero-order valence-electron chi connectivity index (χ0n) is 22.9. The Balaban J connectivity index is 1.20. The summed E-state index contributed by atoms with van der Waals surface area (Å²) < 4.78 is 27.1. The highest BCUT2D eigenvalue weighted by molar-refractivity contribution is 8.76. The van der Waals surface area contributed by atoms with Crippen LogP contribution in [0.5, 0.6) is 0 Å². The summed E-state index contributed by atoms with van der Waals surface area (Å²) >= 11 is 0. The van der Waals surface area contributed by atoms with E-state index in [2.05, 4.69) is 21.3 Å². The lowest BCUT2D eigenvalue weighted by Crippen LogP contribution is -2.19. The van der Waals surface area contributed by atoms with Crippen LogP contribution in [-0.2, 0) is 13.1 Å². The molecule has 0 saturated carbocycles. The highest BCUT2D eigenvalue weighted by Gasteiger charge is 2.00. The maximum absolute atomic E-state index is 13.5. The SMILES string of the molecule is Fc1ccccc1CNCCCCCCNCCSSCCNCCCCCCNCc1ccccc1F. The van der Waals surface area contributed by atoms with Crippen LogP contribution >= 0.6 is 21.6 Å². The van der Waals surface area contributed by atoms with Crippen molar-refractivity contribution in [2.75, 3.05) is 50.8 Å². The van der Waals surface area contributed by atoms with Gasteiger partial charge < -0.3 is 21.3 Å². The lowest BCUT2D eigenvalue weighted by molar-refractivity contribution is 0.555. The molecule has 0 saturated heterocycles. The van der Waals surface area contributed by atoms with Crippen LogP contribution in [0.3, 0.4) is 0 Å². The highest BCUT2D eigenvalue weighted by Crippen LogP contribution is 2.19. The second-order valence-electron chi connectivity index (χ2n) is 9.51. The minimum atomic E-state index is -0.123. The Kier molecular flexibility index (Phi) is 20.6. The van der Waals surface area contributed by atoms with Crippen molar-refractivity contribution in [2.24, 2.45) is 0 Å². The summed E-state index contributed by atoms with van der Waals surface area (Å²) in [5, 5.41) is 13.7. The first-order chi connectivity index (χ1) is 18.8. The van der Waals surface area contributed by atoms with E-state index in [9.17, 15) is 8.78 Å². The number of nitrogens with one attached hydrogen (secondary N) is 4. The summed E-state index contributed by atoms with van der Waals surface area (Å²) in [6.07, 6.45) is 9.66. The van der Waals surface area contributed by atoms with Crippen molar-refractivity contribution in [3.8, 4) is 0 Å². The van der Waals surface area contributed by atoms with Gasteiger partial charge in [-0.25, -0.2) is 8.78 Å². The Morgan fingerprint density at radius 3 is 1.21 bits per heavy atom. The molecule has 0 aliphatic rings. The fraction of sp³-hybridized carbons (Fsp3) is 0.600. The van der Waals surface area contributed by atoms with Crippen LogP contribution in [0.25, 0.3) is 0 Å². The Bertz CT molecular complexity index is 761. The molecule has 0 unspecified atom stereocenters. The zero-order chi connectivity index (χ0) is 26.9. The van der Waals surface area contributed by atoms with E-state index < -0.39 is 0 Å². The molecule has 0 bridgehead atoms. The van der Waals surface area contributed by atoms with E-state index >= 15 is 0 Å². The van der Waals surface area contributed by atoms with Crippen molar-refractivity contribution in [3.63, 3.8) is 0 Å². The van der Waals surface area contributed by atoms with Crippen molar-refractivity contribution in [1.29, 1.82) is 0 Å². The molecule has 2 aromatic rings. The smallest absolute Gasteiger partial charge is 0.127 e. The molecule has 214 valence electrons. The van der Waals surface area contributed by atoms with Crippen molar-refractivity contribution in [1.82, 2.24) is 21.3 Å². The predicted molar refractivity (Wildman–Crippen MR) is 164 cm³/mol. The van der Waals surface area contributed by atoms with E-state index in [-0.39, 0.29) is 11.6 Å². The molecule has 38 heavy (non-hydrogen) atoms. The van der Waals surface area contributed by atoms with E-state index in [4.69, 9.17) is 0 Å². The maximum Gasteiger partial charge on any atom is 0.127 e. The molecule has 0 aromatic heterocycles. The zero-order valence-corrected chi connectivity index (χ0v) is 24.6. The molecule has 4 nitrogen and oxygen atoms in total. The van der Waals surface area contributed by atoms with Gasteiger partial charge >= 0.3 is 0 Å². The van der Waals surface area contributed by atoms with Crippen LogP contribution in [0.2, 0.25) is 0 Å². The Morgan fingerprint density at radius 1 is 0.447 bits per heavy atom. The number of benzene rings is 2. The molecule has 4 N–H and O–H groups in total. The monoisotopic (exact) mass is 566 g/mol. The van der Waals surface area contributed by atoms with Crippen molar-refractivity contribution in [3.05, 3.63) is 71.3 Å². The first-order valence-electron chi connectivity index (χ1n) is 14.3. The van der Waals surface area contributed by atoms with E-state index in [0.717, 1.165) is 74.7 Å². The molecule has 0 spiro atoms. The molecule has 0 fully saturated rings. The molecule has 0 aliphatic carbocycles. The van der Waals surface area contributed by atoms with E-state index in [0.29, 0.717) is 13.1 Å². The van der Waals surface area contributed by atoms with Crippen molar-refractivity contribution >= 4 is 21.6 Å². The molecular formula is C30H48F2N4S2. The summed E-state index contributed by atoms with van der Waals surface area (Å²) in [4.78, 5) is 0. The van der Waals surface area contributed by atoms with Crippen LogP contribution in [0.4, 0.5) is 8.78 Å². The van der Waals surface area contributed by atoms with Gasteiger partial charge in [-0.3, -0.25) is 0 Å². The Labute approximate surface area is 237 Å². The van der Waals surface area contributed by atoms with Crippen molar-refractivity contribution < 1.29 is 8.78 Å². The summed E-state index contributed by atoms with van der Waals surface area (Å²) in [6, 6.07) is 13.9. The fourth-order valence-electron chi connectivity index (χ4n) is 4.03. The van der Waals surface area contributed by atoms with Gasteiger partial charge in [-0.15, -0.1) is 0 Å². The van der Waals surface area contributed by atoms with Crippen LogP contribution in [0.15, 0.2) is 48.5 Å². The third-order valence-corrected chi connectivity index (χ3v) is 8.68. The number of hydrogen-bond donors (Lipinski definition) is 4. The van der Waals surface area contributed by atoms with Gasteiger partial charge in [0.05, 0.1) is 0 Å². The van der Waals surface area contributed by atoms with Gasteiger partial charge in [-0.2, -0.15) is 0 Å². The highest BCUT2D eigenvalue weighted by atomic mass is 33.1. The fourth-order valence-corrected chi connectivity index (χ4v) is 5.93. The average Bonchev–Trinajstić information content (AvgIpc) is 2.93. The Morgan fingerprint density at radius 2 is 0.816 bits per heavy atom. The van der Waals surface area contributed by atoms with Gasteiger partial charge in [-0.1, -0.05) is 83.7 Å². The number of hydrogen-bond acceptors (Lipinski definition) is 6. The number of rotatable bonds is 25. The molecule has 2 aromatic carbocycles. The van der Waals surface area contributed by atoms with Crippen LogP contribution in [0, 0.1) is 11.6 Å². The molecule has 2 rings (SSSR count). The summed E-state index contributed by atoms with van der Waals surface area (Å²) in [6.45, 7) is 7.45. The second-order valence-corrected chi connectivity index (χ2v) is 12.2. The van der Waals surface area contributed by atoms with Gasteiger partial charge in [0.25, 0.3) is 0 Å². The third kappa shape index (κ3) is 17.4. The normalized spacial score (nSPS) is 11.3. The van der Waals surface area contributed by atoms with Gasteiger partial charge in [0.15, 0.2) is 0 Å². The maximum atomic E-state index is 13.5. The molecule has 0 radical (unpaired) electrons. The first kappa shape index (κ1) is 33.0. The van der Waals surface area contributed by atoms with Crippen LogP contribution in [-0.4, -0.2) is 50.8 Å². The Hall–Kier alpha value is -1.16. The summed E-state index contributed by atoms with van der Waals surface area (Å²) in [5.74, 6) is 2.05. The lowest BCUT2D eigenvalue weighted by Gasteiger charge is -2.07. The van der Waals surface area contributed by atoms with Gasteiger partial charge in [0.1, 0.15) is 11.6 Å². The van der Waals surface area contributed by atoms with Gasteiger partial charge in [-0.05, 0) is 64.0 Å². The van der Waals surface area contributed by atoms with Crippen LogP contribution in [0.1, 0.15) is 62.5 Å². The van der Waals surface area contributed by atoms with E-state index in [1.165, 1.54) is 50.7 Å². The molecule has 8 heteroatoms.